The zero-order valence-electron chi connectivity index (χ0n) is 12.9. The number of hydrogen-bond acceptors (Lipinski definition) is 4. The minimum Gasteiger partial charge on any atom is -0.316 e. The zero-order valence-corrected chi connectivity index (χ0v) is 14.5. The Labute approximate surface area is 138 Å². The molecular formula is C15H23ClN2O3S. The predicted octanol–water partition coefficient (Wildman–Crippen LogP) is 2.07. The third-order valence-corrected chi connectivity index (χ3v) is 5.77. The number of ketones is 1. The molecule has 1 saturated heterocycles. The number of hydrogen-bond donors (Lipinski definition) is 1. The summed E-state index contributed by atoms with van der Waals surface area (Å²) in [4.78, 5) is 12.0. The molecule has 1 atom stereocenters. The number of likely N-dealkylation sites (N-methyl/N-ethyl adjacent to an activating group) is 1. The fraction of sp³-hybridized carbons (Fsp3) is 0.533. The van der Waals surface area contributed by atoms with Crippen LogP contribution in [-0.2, 0) is 10.0 Å². The van der Waals surface area contributed by atoms with Gasteiger partial charge in [0.05, 0.1) is 4.90 Å². The first-order valence-corrected chi connectivity index (χ1v) is 8.73. The second kappa shape index (κ2) is 8.06. The highest BCUT2D eigenvalue weighted by Gasteiger charge is 2.29. The minimum atomic E-state index is -3.53. The Kier molecular flexibility index (Phi) is 6.99. The molecule has 0 radical (unpaired) electrons. The van der Waals surface area contributed by atoms with Crippen molar-refractivity contribution in [2.75, 3.05) is 20.1 Å². The van der Waals surface area contributed by atoms with E-state index in [0.717, 1.165) is 12.8 Å². The minimum absolute atomic E-state index is 0. The molecule has 1 heterocycles. The van der Waals surface area contributed by atoms with Crippen LogP contribution in [0.3, 0.4) is 0 Å². The Morgan fingerprint density at radius 2 is 2.14 bits per heavy atom. The van der Waals surface area contributed by atoms with Crippen molar-refractivity contribution in [2.24, 2.45) is 0 Å². The maximum Gasteiger partial charge on any atom is 0.243 e. The van der Waals surface area contributed by atoms with Crippen molar-refractivity contribution in [3.8, 4) is 0 Å². The van der Waals surface area contributed by atoms with E-state index in [1.165, 1.54) is 10.4 Å². The molecule has 1 aliphatic heterocycles. The van der Waals surface area contributed by atoms with Crippen LogP contribution >= 0.6 is 12.4 Å². The number of benzene rings is 1. The summed E-state index contributed by atoms with van der Waals surface area (Å²) in [5.41, 5.74) is 0.459. The maximum absolute atomic E-state index is 12.7. The van der Waals surface area contributed by atoms with Crippen LogP contribution in [0.1, 0.15) is 36.5 Å². The molecule has 22 heavy (non-hydrogen) atoms. The van der Waals surface area contributed by atoms with E-state index in [1.807, 2.05) is 7.05 Å². The smallest absolute Gasteiger partial charge is 0.243 e. The van der Waals surface area contributed by atoms with E-state index in [9.17, 15) is 13.2 Å². The summed E-state index contributed by atoms with van der Waals surface area (Å²) in [6.45, 7) is 2.78. The number of carbonyl (C=O) groups excluding carboxylic acids is 1. The first-order valence-electron chi connectivity index (χ1n) is 7.29. The van der Waals surface area contributed by atoms with Gasteiger partial charge >= 0.3 is 0 Å². The van der Waals surface area contributed by atoms with Crippen LogP contribution in [0, 0.1) is 0 Å². The molecule has 1 aromatic rings. The van der Waals surface area contributed by atoms with E-state index in [2.05, 4.69) is 5.32 Å². The van der Waals surface area contributed by atoms with Gasteiger partial charge in [-0.15, -0.1) is 12.4 Å². The third kappa shape index (κ3) is 4.07. The predicted molar refractivity (Wildman–Crippen MR) is 89.2 cm³/mol. The second-order valence-electron chi connectivity index (χ2n) is 5.30. The van der Waals surface area contributed by atoms with Crippen LogP contribution in [0.25, 0.3) is 0 Å². The zero-order chi connectivity index (χ0) is 15.5. The Morgan fingerprint density at radius 3 is 2.77 bits per heavy atom. The van der Waals surface area contributed by atoms with Crippen molar-refractivity contribution in [1.82, 2.24) is 9.62 Å². The van der Waals surface area contributed by atoms with Gasteiger partial charge in [-0.1, -0.05) is 19.1 Å². The molecule has 2 rings (SSSR count). The highest BCUT2D eigenvalue weighted by Crippen LogP contribution is 2.22. The Balaban J connectivity index is 0.00000242. The quantitative estimate of drug-likeness (QED) is 0.829. The van der Waals surface area contributed by atoms with Crippen LogP contribution in [0.4, 0.5) is 0 Å². The number of piperidine rings is 1. The molecule has 5 nitrogen and oxygen atoms in total. The van der Waals surface area contributed by atoms with Gasteiger partial charge in [-0.25, -0.2) is 8.42 Å². The number of rotatable bonds is 5. The lowest BCUT2D eigenvalue weighted by molar-refractivity contribution is 0.0988. The van der Waals surface area contributed by atoms with E-state index in [1.54, 1.807) is 25.1 Å². The van der Waals surface area contributed by atoms with Gasteiger partial charge < -0.3 is 5.32 Å². The third-order valence-electron chi connectivity index (χ3n) is 3.91. The van der Waals surface area contributed by atoms with E-state index in [4.69, 9.17) is 0 Å². The molecule has 1 N–H and O–H groups in total. The van der Waals surface area contributed by atoms with E-state index < -0.39 is 10.0 Å². The van der Waals surface area contributed by atoms with Gasteiger partial charge in [0, 0.05) is 31.1 Å². The summed E-state index contributed by atoms with van der Waals surface area (Å²) in [6.07, 6.45) is 2.20. The molecule has 7 heteroatoms. The Hall–Kier alpha value is -0.950. The fourth-order valence-electron chi connectivity index (χ4n) is 2.58. The van der Waals surface area contributed by atoms with Gasteiger partial charge in [-0.05, 0) is 32.0 Å². The van der Waals surface area contributed by atoms with Gasteiger partial charge in [0.1, 0.15) is 0 Å². The molecule has 0 saturated carbocycles. The van der Waals surface area contributed by atoms with E-state index in [0.29, 0.717) is 25.1 Å². The van der Waals surface area contributed by atoms with Crippen LogP contribution < -0.4 is 5.32 Å². The molecule has 1 aliphatic rings. The first-order chi connectivity index (χ1) is 9.98. The Bertz CT molecular complexity index is 619. The molecule has 0 spiro atoms. The van der Waals surface area contributed by atoms with Gasteiger partial charge in [0.15, 0.2) is 5.78 Å². The normalized spacial score (nSPS) is 19.5. The topological polar surface area (TPSA) is 66.5 Å². The summed E-state index contributed by atoms with van der Waals surface area (Å²) in [5.74, 6) is -0.0428. The van der Waals surface area contributed by atoms with Crippen molar-refractivity contribution in [3.63, 3.8) is 0 Å². The van der Waals surface area contributed by atoms with Crippen LogP contribution in [-0.4, -0.2) is 44.7 Å². The lowest BCUT2D eigenvalue weighted by Crippen LogP contribution is -2.46. The molecule has 0 aromatic heterocycles. The summed E-state index contributed by atoms with van der Waals surface area (Å²) < 4.78 is 26.9. The van der Waals surface area contributed by atoms with Gasteiger partial charge in [0.2, 0.25) is 10.0 Å². The molecule has 1 unspecified atom stereocenters. The van der Waals surface area contributed by atoms with Crippen LogP contribution in [0.2, 0.25) is 0 Å². The number of nitrogens with zero attached hydrogens (tertiary/aromatic N) is 1. The van der Waals surface area contributed by atoms with E-state index in [-0.39, 0.29) is 29.1 Å². The average Bonchev–Trinajstić information content (AvgIpc) is 2.54. The molecule has 1 aromatic carbocycles. The standard InChI is InChI=1S/C15H22N2O3S.ClH/c1-3-15(18)12-6-4-8-14(10-12)21(19,20)17-9-5-7-13(11-17)16-2;/h4,6,8,10,13,16H,3,5,7,9,11H2,1-2H3;1H. The summed E-state index contributed by atoms with van der Waals surface area (Å²) in [6, 6.07) is 6.54. The van der Waals surface area contributed by atoms with E-state index >= 15 is 0 Å². The monoisotopic (exact) mass is 346 g/mol. The first kappa shape index (κ1) is 19.1. The number of nitrogens with one attached hydrogen (secondary N) is 1. The molecule has 0 amide bonds. The van der Waals surface area contributed by atoms with Gasteiger partial charge in [-0.2, -0.15) is 4.31 Å². The van der Waals surface area contributed by atoms with Gasteiger partial charge in [-0.3, -0.25) is 4.79 Å². The lowest BCUT2D eigenvalue weighted by Gasteiger charge is -2.31. The van der Waals surface area contributed by atoms with Crippen LogP contribution in [0.5, 0.6) is 0 Å². The van der Waals surface area contributed by atoms with Crippen molar-refractivity contribution in [1.29, 1.82) is 0 Å². The SMILES string of the molecule is CCC(=O)c1cccc(S(=O)(=O)N2CCCC(NC)C2)c1.Cl. The van der Waals surface area contributed by atoms with Crippen molar-refractivity contribution in [3.05, 3.63) is 29.8 Å². The fourth-order valence-corrected chi connectivity index (χ4v) is 4.15. The second-order valence-corrected chi connectivity index (χ2v) is 7.23. The number of Topliss-reactive ketones (excluding diaryl/α,β-unsaturated/α-hetero) is 1. The maximum atomic E-state index is 12.7. The van der Waals surface area contributed by atoms with Crippen molar-refractivity contribution >= 4 is 28.2 Å². The molecule has 124 valence electrons. The Morgan fingerprint density at radius 1 is 1.41 bits per heavy atom. The number of sulfonamides is 1. The van der Waals surface area contributed by atoms with Gasteiger partial charge in [0.25, 0.3) is 0 Å². The molecule has 0 bridgehead atoms. The molecule has 1 fully saturated rings. The highest BCUT2D eigenvalue weighted by molar-refractivity contribution is 7.89. The van der Waals surface area contributed by atoms with Crippen LogP contribution in [0.15, 0.2) is 29.2 Å². The van der Waals surface area contributed by atoms with Crippen molar-refractivity contribution in [2.45, 2.75) is 37.1 Å². The summed E-state index contributed by atoms with van der Waals surface area (Å²) in [5, 5.41) is 3.14. The summed E-state index contributed by atoms with van der Waals surface area (Å²) in [7, 11) is -1.68. The average molecular weight is 347 g/mol. The molecular weight excluding hydrogens is 324 g/mol. The highest BCUT2D eigenvalue weighted by atomic mass is 35.5. The largest absolute Gasteiger partial charge is 0.316 e. The van der Waals surface area contributed by atoms with Crippen molar-refractivity contribution < 1.29 is 13.2 Å². The summed E-state index contributed by atoms with van der Waals surface area (Å²) >= 11 is 0. The lowest BCUT2D eigenvalue weighted by atomic mass is 10.1. The number of carbonyl (C=O) groups is 1. The number of halogens is 1. The molecule has 0 aliphatic carbocycles.